The molecule has 1 fully saturated rings. The summed E-state index contributed by atoms with van der Waals surface area (Å²) in [4.78, 5) is 38.1. The average molecular weight is 464 g/mol. The molecule has 0 spiro atoms. The van der Waals surface area contributed by atoms with Crippen LogP contribution in [0.3, 0.4) is 0 Å². The Morgan fingerprint density at radius 3 is 2.34 bits per heavy atom. The van der Waals surface area contributed by atoms with E-state index in [-0.39, 0.29) is 30.0 Å². The summed E-state index contributed by atoms with van der Waals surface area (Å²) in [5, 5.41) is 2.08. The maximum atomic E-state index is 12.6. The number of nitrogens with zero attached hydrogens (tertiary/aromatic N) is 1. The van der Waals surface area contributed by atoms with E-state index in [0.29, 0.717) is 5.75 Å². The fraction of sp³-hybridized carbons (Fsp3) is 0.227. The summed E-state index contributed by atoms with van der Waals surface area (Å²) in [6.45, 7) is 0.0606. The van der Waals surface area contributed by atoms with E-state index in [0.717, 1.165) is 34.4 Å². The zero-order valence-corrected chi connectivity index (χ0v) is 17.8. The zero-order valence-electron chi connectivity index (χ0n) is 16.9. The first kappa shape index (κ1) is 23.4. The number of rotatable bonds is 7. The van der Waals surface area contributed by atoms with E-state index in [1.54, 1.807) is 37.5 Å². The number of benzene rings is 2. The molecule has 0 aromatic heterocycles. The predicted octanol–water partition coefficient (Wildman–Crippen LogP) is 5.17. The molecule has 0 saturated carbocycles. The maximum Gasteiger partial charge on any atom is 0.416 e. The second-order valence-electron chi connectivity index (χ2n) is 6.83. The van der Waals surface area contributed by atoms with E-state index >= 15 is 0 Å². The Bertz CT molecular complexity index is 1030. The van der Waals surface area contributed by atoms with Gasteiger partial charge in [-0.1, -0.05) is 12.1 Å². The number of carbonyl (C=O) groups excluding carboxylic acids is 3. The number of thioether (sulfide) groups is 1. The molecule has 1 heterocycles. The van der Waals surface area contributed by atoms with Crippen molar-refractivity contribution in [3.05, 3.63) is 64.6 Å². The van der Waals surface area contributed by atoms with Crippen LogP contribution in [0.1, 0.15) is 24.0 Å². The first-order valence-corrected chi connectivity index (χ1v) is 10.4. The van der Waals surface area contributed by atoms with Crippen LogP contribution >= 0.6 is 11.8 Å². The third kappa shape index (κ3) is 5.91. The molecular weight excluding hydrogens is 445 g/mol. The summed E-state index contributed by atoms with van der Waals surface area (Å²) in [5.41, 5.74) is 0.168. The number of ether oxygens (including phenoxy) is 1. The lowest BCUT2D eigenvalue weighted by molar-refractivity contribution is -0.137. The van der Waals surface area contributed by atoms with Crippen molar-refractivity contribution in [1.29, 1.82) is 0 Å². The van der Waals surface area contributed by atoms with Gasteiger partial charge in [0.15, 0.2) is 0 Å². The Balaban J connectivity index is 1.50. The standard InChI is InChI=1S/C22H19F3N2O4S/c1-31-17-10-4-14(5-11-17)13-18-20(29)27(21(30)32-18)12-2-3-19(28)26-16-8-6-15(7-9-16)22(23,24)25/h4-11,13H,2-3,12H2,1H3,(H,26,28)/b18-13-. The van der Waals surface area contributed by atoms with E-state index in [1.165, 1.54) is 12.1 Å². The molecule has 6 nitrogen and oxygen atoms in total. The van der Waals surface area contributed by atoms with Gasteiger partial charge < -0.3 is 10.1 Å². The van der Waals surface area contributed by atoms with Crippen molar-refractivity contribution in [3.8, 4) is 5.75 Å². The highest BCUT2D eigenvalue weighted by Gasteiger charge is 2.34. The maximum absolute atomic E-state index is 12.6. The van der Waals surface area contributed by atoms with Crippen LogP contribution in [0.4, 0.5) is 23.7 Å². The lowest BCUT2D eigenvalue weighted by Gasteiger charge is -2.12. The number of hydrogen-bond acceptors (Lipinski definition) is 5. The molecule has 1 N–H and O–H groups in total. The molecule has 1 aliphatic heterocycles. The third-order valence-corrected chi connectivity index (χ3v) is 5.48. The molecule has 1 saturated heterocycles. The van der Waals surface area contributed by atoms with Crippen molar-refractivity contribution in [2.75, 3.05) is 19.0 Å². The Labute approximate surface area is 186 Å². The van der Waals surface area contributed by atoms with Crippen LogP contribution in [-0.2, 0) is 15.8 Å². The Hall–Kier alpha value is -3.27. The van der Waals surface area contributed by atoms with E-state index in [1.807, 2.05) is 0 Å². The van der Waals surface area contributed by atoms with E-state index in [2.05, 4.69) is 5.32 Å². The lowest BCUT2D eigenvalue weighted by atomic mass is 10.2. The van der Waals surface area contributed by atoms with Crippen molar-refractivity contribution in [2.45, 2.75) is 19.0 Å². The van der Waals surface area contributed by atoms with Gasteiger partial charge in [-0.05, 0) is 66.2 Å². The van der Waals surface area contributed by atoms with Crippen LogP contribution in [-0.4, -0.2) is 35.6 Å². The van der Waals surface area contributed by atoms with Gasteiger partial charge in [0.2, 0.25) is 5.91 Å². The zero-order chi connectivity index (χ0) is 23.3. The first-order chi connectivity index (χ1) is 15.2. The van der Waals surface area contributed by atoms with Gasteiger partial charge in [0.05, 0.1) is 17.6 Å². The minimum absolute atomic E-state index is 0.000274. The van der Waals surface area contributed by atoms with Crippen LogP contribution in [0.15, 0.2) is 53.4 Å². The van der Waals surface area contributed by atoms with Gasteiger partial charge in [0.25, 0.3) is 11.1 Å². The Kier molecular flexibility index (Phi) is 7.24. The SMILES string of the molecule is COc1ccc(/C=C2\SC(=O)N(CCCC(=O)Nc3ccc(C(F)(F)F)cc3)C2=O)cc1. The molecule has 168 valence electrons. The molecule has 3 amide bonds. The van der Waals surface area contributed by atoms with Gasteiger partial charge in [-0.15, -0.1) is 0 Å². The highest BCUT2D eigenvalue weighted by atomic mass is 32.2. The summed E-state index contributed by atoms with van der Waals surface area (Å²) >= 11 is 0.826. The van der Waals surface area contributed by atoms with Crippen molar-refractivity contribution in [2.24, 2.45) is 0 Å². The summed E-state index contributed by atoms with van der Waals surface area (Å²) in [7, 11) is 1.55. The van der Waals surface area contributed by atoms with Gasteiger partial charge in [0.1, 0.15) is 5.75 Å². The fourth-order valence-electron chi connectivity index (χ4n) is 2.91. The largest absolute Gasteiger partial charge is 0.497 e. The highest BCUT2D eigenvalue weighted by molar-refractivity contribution is 8.18. The number of carbonyl (C=O) groups is 3. The number of alkyl halides is 3. The van der Waals surface area contributed by atoms with Gasteiger partial charge in [0, 0.05) is 18.7 Å². The first-order valence-electron chi connectivity index (χ1n) is 9.54. The quantitative estimate of drug-likeness (QED) is 0.573. The summed E-state index contributed by atoms with van der Waals surface area (Å²) < 4.78 is 42.8. The molecule has 0 unspecified atom stereocenters. The van der Waals surface area contributed by atoms with Crippen LogP contribution in [0, 0.1) is 0 Å². The molecule has 3 rings (SSSR count). The highest BCUT2D eigenvalue weighted by Crippen LogP contribution is 2.33. The topological polar surface area (TPSA) is 75.7 Å². The van der Waals surface area contributed by atoms with Gasteiger partial charge >= 0.3 is 6.18 Å². The van der Waals surface area contributed by atoms with E-state index in [9.17, 15) is 27.6 Å². The molecule has 2 aromatic carbocycles. The Morgan fingerprint density at radius 1 is 1.09 bits per heavy atom. The Morgan fingerprint density at radius 2 is 1.75 bits per heavy atom. The van der Waals surface area contributed by atoms with Crippen LogP contribution in [0.25, 0.3) is 6.08 Å². The summed E-state index contributed by atoms with van der Waals surface area (Å²) in [6, 6.07) is 11.1. The lowest BCUT2D eigenvalue weighted by Crippen LogP contribution is -2.29. The molecule has 1 aliphatic rings. The molecule has 0 aliphatic carbocycles. The summed E-state index contributed by atoms with van der Waals surface area (Å²) in [6.07, 6.45) is -2.61. The smallest absolute Gasteiger partial charge is 0.416 e. The number of anilines is 1. The van der Waals surface area contributed by atoms with Gasteiger partial charge in [-0.3, -0.25) is 19.3 Å². The van der Waals surface area contributed by atoms with Crippen molar-refractivity contribution < 1.29 is 32.3 Å². The number of hydrogen-bond donors (Lipinski definition) is 1. The minimum Gasteiger partial charge on any atom is -0.497 e. The molecule has 10 heteroatoms. The van der Waals surface area contributed by atoms with E-state index in [4.69, 9.17) is 4.74 Å². The number of amides is 3. The number of nitrogens with one attached hydrogen (secondary N) is 1. The van der Waals surface area contributed by atoms with Crippen LogP contribution < -0.4 is 10.1 Å². The predicted molar refractivity (Wildman–Crippen MR) is 115 cm³/mol. The monoisotopic (exact) mass is 464 g/mol. The molecular formula is C22H19F3N2O4S. The van der Waals surface area contributed by atoms with Gasteiger partial charge in [-0.25, -0.2) is 0 Å². The summed E-state index contributed by atoms with van der Waals surface area (Å²) in [5.74, 6) is -0.186. The molecule has 0 radical (unpaired) electrons. The average Bonchev–Trinajstić information content (AvgIpc) is 3.01. The van der Waals surface area contributed by atoms with Crippen LogP contribution in [0.5, 0.6) is 5.75 Å². The van der Waals surface area contributed by atoms with Crippen LogP contribution in [0.2, 0.25) is 0 Å². The third-order valence-electron chi connectivity index (χ3n) is 4.57. The van der Waals surface area contributed by atoms with Crippen molar-refractivity contribution >= 4 is 40.6 Å². The molecule has 0 bridgehead atoms. The second-order valence-corrected chi connectivity index (χ2v) is 7.83. The number of methoxy groups -OCH3 is 1. The molecule has 32 heavy (non-hydrogen) atoms. The fourth-order valence-corrected chi connectivity index (χ4v) is 3.77. The van der Waals surface area contributed by atoms with Crippen molar-refractivity contribution in [3.63, 3.8) is 0 Å². The van der Waals surface area contributed by atoms with E-state index < -0.39 is 28.8 Å². The normalized spacial score (nSPS) is 15.4. The number of imide groups is 1. The molecule has 0 atom stereocenters. The number of halogens is 3. The minimum atomic E-state index is -4.45. The second kappa shape index (κ2) is 9.90. The molecule has 2 aromatic rings. The van der Waals surface area contributed by atoms with Crippen molar-refractivity contribution in [1.82, 2.24) is 4.90 Å². The van der Waals surface area contributed by atoms with Gasteiger partial charge in [-0.2, -0.15) is 13.2 Å².